The zero-order chi connectivity index (χ0) is 4.12. The van der Waals surface area contributed by atoms with Crippen LogP contribution in [0.1, 0.15) is 19.8 Å². The van der Waals surface area contributed by atoms with E-state index >= 15 is 0 Å². The molecule has 0 aromatic rings. The van der Waals surface area contributed by atoms with Crippen LogP contribution in [0.3, 0.4) is 0 Å². The van der Waals surface area contributed by atoms with E-state index < -0.39 is 0 Å². The summed E-state index contributed by atoms with van der Waals surface area (Å²) in [5.41, 5.74) is 0. The average molecular weight is 122 g/mol. The van der Waals surface area contributed by atoms with Crippen LogP contribution in [0.25, 0.3) is 0 Å². The third-order valence-corrected chi connectivity index (χ3v) is 0.512. The van der Waals surface area contributed by atoms with Gasteiger partial charge in [0.25, 0.3) is 0 Å². The summed E-state index contributed by atoms with van der Waals surface area (Å²) >= 11 is 0. The van der Waals surface area contributed by atoms with Crippen LogP contribution in [0.4, 0.5) is 0 Å². The fourth-order valence-electron chi connectivity index (χ4n) is 0.158. The molecule has 0 aliphatic heterocycles. The predicted octanol–water partition coefficient (Wildman–Crippen LogP) is 0.776. The van der Waals surface area contributed by atoms with E-state index in [4.69, 9.17) is 5.11 Å². The first-order chi connectivity index (χ1) is 2.41. The molecule has 0 atom stereocenters. The fourth-order valence-corrected chi connectivity index (χ4v) is 0.158. The molecule has 1 N–H and O–H groups in total. The third-order valence-electron chi connectivity index (χ3n) is 0.512. The Morgan fingerprint density at radius 3 is 2.00 bits per heavy atom. The molecule has 0 spiro atoms. The maximum absolute atomic E-state index is 8.07. The molecule has 0 heterocycles. The second kappa shape index (κ2) is 9.18. The van der Waals surface area contributed by atoms with Gasteiger partial charge in [0, 0.05) is 6.61 Å². The molecule has 6 heavy (non-hydrogen) atoms. The van der Waals surface area contributed by atoms with Gasteiger partial charge in [0.15, 0.2) is 0 Å². The minimum atomic E-state index is 0. The molecular formula is C4H10OTi+3. The van der Waals surface area contributed by atoms with Gasteiger partial charge in [0.1, 0.15) is 0 Å². The Balaban J connectivity index is 0. The van der Waals surface area contributed by atoms with Crippen LogP contribution in [0.5, 0.6) is 0 Å². The summed E-state index contributed by atoms with van der Waals surface area (Å²) in [5, 5.41) is 8.07. The van der Waals surface area contributed by atoms with Gasteiger partial charge in [-0.3, -0.25) is 0 Å². The quantitative estimate of drug-likeness (QED) is 0.536. The molecule has 0 saturated carbocycles. The molecule has 33 valence electrons. The SMILES string of the molecule is CCCCO.[Ti+3]. The van der Waals surface area contributed by atoms with E-state index in [-0.39, 0.29) is 21.7 Å². The normalized spacial score (nSPS) is 7.00. The van der Waals surface area contributed by atoms with Crippen molar-refractivity contribution in [1.82, 2.24) is 0 Å². The van der Waals surface area contributed by atoms with Crippen LogP contribution in [0.2, 0.25) is 0 Å². The summed E-state index contributed by atoms with van der Waals surface area (Å²) in [6.07, 6.45) is 2.04. The Hall–Kier alpha value is 0.674. The smallest absolute Gasteiger partial charge is 0.396 e. The molecular weight excluding hydrogens is 112 g/mol. The molecule has 0 aromatic carbocycles. The monoisotopic (exact) mass is 122 g/mol. The van der Waals surface area contributed by atoms with Crippen molar-refractivity contribution in [3.63, 3.8) is 0 Å². The van der Waals surface area contributed by atoms with Gasteiger partial charge in [0.2, 0.25) is 0 Å². The fraction of sp³-hybridized carbons (Fsp3) is 1.00. The Morgan fingerprint density at radius 2 is 2.00 bits per heavy atom. The average Bonchev–Trinajstić information content (AvgIpc) is 1.41. The summed E-state index contributed by atoms with van der Waals surface area (Å²) in [6.45, 7) is 2.40. The number of hydrogen-bond acceptors (Lipinski definition) is 1. The number of unbranched alkanes of at least 4 members (excludes halogenated alkanes) is 1. The Bertz CT molecular complexity index is 15.0. The van der Waals surface area contributed by atoms with Crippen molar-refractivity contribution in [2.24, 2.45) is 0 Å². The van der Waals surface area contributed by atoms with Crippen LogP contribution >= 0.6 is 0 Å². The van der Waals surface area contributed by atoms with Crippen molar-refractivity contribution in [3.8, 4) is 0 Å². The second-order valence-electron chi connectivity index (χ2n) is 1.08. The van der Waals surface area contributed by atoms with Gasteiger partial charge in [0.05, 0.1) is 0 Å². The molecule has 2 heteroatoms. The van der Waals surface area contributed by atoms with E-state index in [0.717, 1.165) is 12.8 Å². The molecule has 0 aliphatic rings. The first kappa shape index (κ1) is 9.84. The van der Waals surface area contributed by atoms with Crippen LogP contribution in [0.15, 0.2) is 0 Å². The van der Waals surface area contributed by atoms with Gasteiger partial charge in [-0.1, -0.05) is 13.3 Å². The molecule has 0 rings (SSSR count). The summed E-state index contributed by atoms with van der Waals surface area (Å²) in [5.74, 6) is 0. The molecule has 0 saturated heterocycles. The molecule has 0 aromatic heterocycles. The van der Waals surface area contributed by atoms with Gasteiger partial charge >= 0.3 is 21.7 Å². The van der Waals surface area contributed by atoms with Crippen molar-refractivity contribution in [2.75, 3.05) is 6.61 Å². The van der Waals surface area contributed by atoms with Crippen molar-refractivity contribution in [1.29, 1.82) is 0 Å². The molecule has 0 bridgehead atoms. The first-order valence-corrected chi connectivity index (χ1v) is 2.02. The van der Waals surface area contributed by atoms with Gasteiger partial charge in [-0.15, -0.1) is 0 Å². The zero-order valence-electron chi connectivity index (χ0n) is 4.07. The maximum atomic E-state index is 8.07. The Morgan fingerprint density at radius 1 is 1.50 bits per heavy atom. The number of aliphatic hydroxyl groups excluding tert-OH is 1. The van der Waals surface area contributed by atoms with E-state index in [1.165, 1.54) is 0 Å². The van der Waals surface area contributed by atoms with Crippen LogP contribution in [-0.4, -0.2) is 11.7 Å². The Labute approximate surface area is 53.6 Å². The van der Waals surface area contributed by atoms with Gasteiger partial charge in [-0.25, -0.2) is 0 Å². The van der Waals surface area contributed by atoms with Crippen molar-refractivity contribution in [3.05, 3.63) is 0 Å². The Kier molecular flexibility index (Phi) is 15.1. The minimum absolute atomic E-state index is 0. The predicted molar refractivity (Wildman–Crippen MR) is 22.0 cm³/mol. The molecule has 0 fully saturated rings. The summed E-state index contributed by atoms with van der Waals surface area (Å²) in [4.78, 5) is 0. The maximum Gasteiger partial charge on any atom is 3.00 e. The van der Waals surface area contributed by atoms with Crippen LogP contribution in [-0.2, 0) is 21.7 Å². The number of hydrogen-bond donors (Lipinski definition) is 1. The van der Waals surface area contributed by atoms with Crippen molar-refractivity contribution >= 4 is 0 Å². The molecule has 0 amide bonds. The first-order valence-electron chi connectivity index (χ1n) is 2.02. The van der Waals surface area contributed by atoms with E-state index in [2.05, 4.69) is 6.92 Å². The van der Waals surface area contributed by atoms with Gasteiger partial charge in [-0.05, 0) is 6.42 Å². The number of rotatable bonds is 2. The third kappa shape index (κ3) is 8.82. The second-order valence-corrected chi connectivity index (χ2v) is 1.08. The molecule has 0 aliphatic carbocycles. The topological polar surface area (TPSA) is 20.2 Å². The van der Waals surface area contributed by atoms with E-state index in [0.29, 0.717) is 6.61 Å². The van der Waals surface area contributed by atoms with Crippen LogP contribution in [0, 0.1) is 0 Å². The molecule has 1 nitrogen and oxygen atoms in total. The van der Waals surface area contributed by atoms with Crippen molar-refractivity contribution < 1.29 is 26.8 Å². The number of aliphatic hydroxyl groups is 1. The van der Waals surface area contributed by atoms with E-state index in [1.807, 2.05) is 0 Å². The van der Waals surface area contributed by atoms with Gasteiger partial charge in [-0.2, -0.15) is 0 Å². The molecule has 0 unspecified atom stereocenters. The minimum Gasteiger partial charge on any atom is -0.396 e. The van der Waals surface area contributed by atoms with E-state index in [9.17, 15) is 0 Å². The summed E-state index contributed by atoms with van der Waals surface area (Å²) in [6, 6.07) is 0. The standard InChI is InChI=1S/C4H10O.Ti/c1-2-3-4-5;/h5H,2-4H2,1H3;/q;+3. The van der Waals surface area contributed by atoms with Crippen LogP contribution < -0.4 is 0 Å². The van der Waals surface area contributed by atoms with Gasteiger partial charge < -0.3 is 5.11 Å². The zero-order valence-corrected chi connectivity index (χ0v) is 5.63. The molecule has 1 radical (unpaired) electrons. The van der Waals surface area contributed by atoms with Crippen molar-refractivity contribution in [2.45, 2.75) is 19.8 Å². The summed E-state index contributed by atoms with van der Waals surface area (Å²) < 4.78 is 0. The largest absolute Gasteiger partial charge is 3.00 e. The van der Waals surface area contributed by atoms with E-state index in [1.54, 1.807) is 0 Å². The summed E-state index contributed by atoms with van der Waals surface area (Å²) in [7, 11) is 0.